The predicted molar refractivity (Wildman–Crippen MR) is 109 cm³/mol. The van der Waals surface area contributed by atoms with E-state index in [1.54, 1.807) is 6.07 Å². The number of amides is 1. The van der Waals surface area contributed by atoms with Crippen LogP contribution in [0.3, 0.4) is 0 Å². The molecule has 0 aromatic heterocycles. The van der Waals surface area contributed by atoms with E-state index in [-0.39, 0.29) is 22.4 Å². The molecule has 1 amide bonds. The minimum absolute atomic E-state index is 0.0289. The summed E-state index contributed by atoms with van der Waals surface area (Å²) in [6.07, 6.45) is 5.39. The summed E-state index contributed by atoms with van der Waals surface area (Å²) in [6, 6.07) is 4.61. The van der Waals surface area contributed by atoms with Crippen molar-refractivity contribution in [1.82, 2.24) is 14.9 Å². The summed E-state index contributed by atoms with van der Waals surface area (Å²) < 4.78 is 28.1. The first-order valence-electron chi connectivity index (χ1n) is 9.54. The molecule has 0 bridgehead atoms. The van der Waals surface area contributed by atoms with Gasteiger partial charge < -0.3 is 5.32 Å². The third-order valence-corrected chi connectivity index (χ3v) is 7.50. The highest BCUT2D eigenvalue weighted by molar-refractivity contribution is 9.10. The molecule has 2 fully saturated rings. The van der Waals surface area contributed by atoms with E-state index >= 15 is 0 Å². The molecule has 27 heavy (non-hydrogen) atoms. The maximum Gasteiger partial charge on any atom is 0.252 e. The molecule has 0 spiro atoms. The zero-order valence-electron chi connectivity index (χ0n) is 15.9. The third kappa shape index (κ3) is 5.31. The minimum Gasteiger partial charge on any atom is -0.350 e. The summed E-state index contributed by atoms with van der Waals surface area (Å²) in [5.74, 6) is -0.268. The van der Waals surface area contributed by atoms with E-state index in [4.69, 9.17) is 0 Å². The van der Waals surface area contributed by atoms with Crippen LogP contribution in [0.15, 0.2) is 27.6 Å². The van der Waals surface area contributed by atoms with Crippen molar-refractivity contribution in [1.29, 1.82) is 0 Å². The highest BCUT2D eigenvalue weighted by Gasteiger charge is 2.30. The second-order valence-electron chi connectivity index (χ2n) is 8.08. The average molecular weight is 458 g/mol. The Kier molecular flexibility index (Phi) is 6.30. The fourth-order valence-corrected chi connectivity index (χ4v) is 5.09. The van der Waals surface area contributed by atoms with Gasteiger partial charge in [-0.25, -0.2) is 13.1 Å². The van der Waals surface area contributed by atoms with Crippen LogP contribution in [-0.4, -0.2) is 50.4 Å². The van der Waals surface area contributed by atoms with Gasteiger partial charge in [0.2, 0.25) is 10.0 Å². The Morgan fingerprint density at radius 2 is 1.89 bits per heavy atom. The first kappa shape index (κ1) is 20.8. The topological polar surface area (TPSA) is 78.5 Å². The van der Waals surface area contributed by atoms with Crippen LogP contribution in [0.5, 0.6) is 0 Å². The summed E-state index contributed by atoms with van der Waals surface area (Å²) in [5.41, 5.74) is 0.197. The molecule has 1 aromatic carbocycles. The molecule has 0 atom stereocenters. The Bertz CT molecular complexity index is 800. The first-order chi connectivity index (χ1) is 12.7. The Hall–Kier alpha value is -0.960. The van der Waals surface area contributed by atoms with Gasteiger partial charge in [0.25, 0.3) is 5.91 Å². The molecule has 6 nitrogen and oxygen atoms in total. The molecule has 1 saturated carbocycles. The molecule has 2 aliphatic rings. The maximum absolute atomic E-state index is 12.7. The molecule has 0 unspecified atom stereocenters. The van der Waals surface area contributed by atoms with E-state index in [1.165, 1.54) is 31.4 Å². The lowest BCUT2D eigenvalue weighted by Crippen LogP contribution is -2.53. The smallest absolute Gasteiger partial charge is 0.252 e. The van der Waals surface area contributed by atoms with Crippen molar-refractivity contribution in [3.8, 4) is 0 Å². The van der Waals surface area contributed by atoms with Crippen molar-refractivity contribution in [2.75, 3.05) is 19.6 Å². The van der Waals surface area contributed by atoms with Crippen molar-refractivity contribution in [3.63, 3.8) is 0 Å². The van der Waals surface area contributed by atoms with Crippen molar-refractivity contribution in [2.24, 2.45) is 0 Å². The van der Waals surface area contributed by atoms with Crippen molar-refractivity contribution >= 4 is 31.9 Å². The van der Waals surface area contributed by atoms with Gasteiger partial charge in [-0.2, -0.15) is 0 Å². The van der Waals surface area contributed by atoms with Crippen molar-refractivity contribution in [3.05, 3.63) is 28.2 Å². The second kappa shape index (κ2) is 8.19. The molecule has 3 rings (SSSR count). The Balaban J connectivity index is 1.69. The van der Waals surface area contributed by atoms with Gasteiger partial charge in [0.1, 0.15) is 0 Å². The minimum atomic E-state index is -3.59. The van der Waals surface area contributed by atoms with Crippen molar-refractivity contribution in [2.45, 2.75) is 62.4 Å². The molecular formula is C19H28BrN3O3S. The largest absolute Gasteiger partial charge is 0.350 e. The molecule has 0 radical (unpaired) electrons. The lowest BCUT2D eigenvalue weighted by molar-refractivity contribution is 0.0797. The van der Waals surface area contributed by atoms with E-state index in [0.717, 1.165) is 25.9 Å². The molecule has 1 heterocycles. The number of likely N-dealkylation sites (tertiary alicyclic amines) is 1. The van der Waals surface area contributed by atoms with Gasteiger partial charge in [0.05, 0.1) is 10.5 Å². The van der Waals surface area contributed by atoms with Crippen LogP contribution in [0.25, 0.3) is 0 Å². The first-order valence-corrected chi connectivity index (χ1v) is 11.8. The number of hydrogen-bond donors (Lipinski definition) is 2. The molecule has 2 N–H and O–H groups in total. The van der Waals surface area contributed by atoms with Gasteiger partial charge in [-0.05, 0) is 86.7 Å². The number of piperidine rings is 1. The van der Waals surface area contributed by atoms with E-state index < -0.39 is 10.0 Å². The molecular weight excluding hydrogens is 430 g/mol. The molecule has 1 saturated heterocycles. The Morgan fingerprint density at radius 3 is 2.52 bits per heavy atom. The number of halogens is 1. The number of nitrogens with one attached hydrogen (secondary N) is 2. The Labute approximate surface area is 170 Å². The number of carbonyl (C=O) groups excluding carboxylic acids is 1. The standard InChI is InChI=1S/C19H28BrN3O3S/c1-19(2,23-10-4-3-5-11-23)13-21-18(24)16-12-15(8-9-17(16)20)27(25,26)22-14-6-7-14/h8-9,12,14,22H,3-7,10-11,13H2,1-2H3,(H,21,24). The van der Waals surface area contributed by atoms with Crippen LogP contribution in [0.4, 0.5) is 0 Å². The molecule has 1 aliphatic carbocycles. The normalized spacial score (nSPS) is 19.1. The van der Waals surface area contributed by atoms with Crippen LogP contribution < -0.4 is 10.0 Å². The van der Waals surface area contributed by atoms with E-state index in [0.29, 0.717) is 16.6 Å². The van der Waals surface area contributed by atoms with E-state index in [2.05, 4.69) is 44.7 Å². The molecule has 8 heteroatoms. The van der Waals surface area contributed by atoms with Crippen LogP contribution in [-0.2, 0) is 10.0 Å². The van der Waals surface area contributed by atoms with Gasteiger partial charge in [-0.1, -0.05) is 6.42 Å². The summed E-state index contributed by atoms with van der Waals surface area (Å²) in [5, 5.41) is 2.98. The number of benzene rings is 1. The number of hydrogen-bond acceptors (Lipinski definition) is 4. The van der Waals surface area contributed by atoms with Gasteiger partial charge in [0.15, 0.2) is 0 Å². The van der Waals surface area contributed by atoms with Crippen LogP contribution >= 0.6 is 15.9 Å². The maximum atomic E-state index is 12.7. The quantitative estimate of drug-likeness (QED) is 0.659. The zero-order chi connectivity index (χ0) is 19.7. The lowest BCUT2D eigenvalue weighted by atomic mass is 9.98. The molecule has 1 aliphatic heterocycles. The fraction of sp³-hybridized carbons (Fsp3) is 0.632. The number of nitrogens with zero attached hydrogens (tertiary/aromatic N) is 1. The van der Waals surface area contributed by atoms with Gasteiger partial charge in [-0.3, -0.25) is 9.69 Å². The fourth-order valence-electron chi connectivity index (χ4n) is 3.34. The van der Waals surface area contributed by atoms with Crippen molar-refractivity contribution < 1.29 is 13.2 Å². The highest BCUT2D eigenvalue weighted by atomic mass is 79.9. The summed E-state index contributed by atoms with van der Waals surface area (Å²) in [6.45, 7) is 6.87. The van der Waals surface area contributed by atoms with Crippen LogP contribution in [0, 0.1) is 0 Å². The monoisotopic (exact) mass is 457 g/mol. The van der Waals surface area contributed by atoms with E-state index in [9.17, 15) is 13.2 Å². The number of sulfonamides is 1. The second-order valence-corrected chi connectivity index (χ2v) is 10.6. The van der Waals surface area contributed by atoms with E-state index in [1.807, 2.05) is 0 Å². The average Bonchev–Trinajstić information content (AvgIpc) is 3.44. The van der Waals surface area contributed by atoms with Gasteiger partial charge in [0, 0.05) is 22.6 Å². The highest BCUT2D eigenvalue weighted by Crippen LogP contribution is 2.25. The predicted octanol–water partition coefficient (Wildman–Crippen LogP) is 2.88. The number of rotatable bonds is 7. The third-order valence-electron chi connectivity index (χ3n) is 5.29. The van der Waals surface area contributed by atoms with Gasteiger partial charge >= 0.3 is 0 Å². The lowest BCUT2D eigenvalue weighted by Gasteiger charge is -2.41. The zero-order valence-corrected chi connectivity index (χ0v) is 18.3. The van der Waals surface area contributed by atoms with Crippen LogP contribution in [0.1, 0.15) is 56.3 Å². The SMILES string of the molecule is CC(C)(CNC(=O)c1cc(S(=O)(=O)NC2CC2)ccc1Br)N1CCCCC1. The Morgan fingerprint density at radius 1 is 1.22 bits per heavy atom. The molecule has 1 aromatic rings. The summed E-state index contributed by atoms with van der Waals surface area (Å²) >= 11 is 3.37. The molecule has 150 valence electrons. The summed E-state index contributed by atoms with van der Waals surface area (Å²) in [7, 11) is -3.59. The summed E-state index contributed by atoms with van der Waals surface area (Å²) in [4.78, 5) is 15.3. The van der Waals surface area contributed by atoms with Gasteiger partial charge in [-0.15, -0.1) is 0 Å². The number of carbonyl (C=O) groups is 1. The van der Waals surface area contributed by atoms with Crippen LogP contribution in [0.2, 0.25) is 0 Å².